The van der Waals surface area contributed by atoms with Crippen molar-refractivity contribution in [2.45, 2.75) is 6.54 Å². The van der Waals surface area contributed by atoms with Crippen molar-refractivity contribution in [1.29, 1.82) is 0 Å². The molecule has 2 nitrogen and oxygen atoms in total. The minimum atomic E-state index is 0. The van der Waals surface area contributed by atoms with E-state index < -0.39 is 0 Å². The van der Waals surface area contributed by atoms with Crippen LogP contribution in [-0.2, 0) is 26.7 Å². The third kappa shape index (κ3) is 2.74. The number of para-hydroxylation sites is 1. The van der Waals surface area contributed by atoms with Crippen molar-refractivity contribution in [3.05, 3.63) is 66.2 Å². The van der Waals surface area contributed by atoms with Gasteiger partial charge in [0.05, 0.1) is 11.2 Å². The van der Waals surface area contributed by atoms with Crippen molar-refractivity contribution < 1.29 is 20.1 Å². The molecule has 0 spiro atoms. The number of nitrogens with zero attached hydrogens (tertiary/aromatic N) is 1. The number of hydrogen-bond donors (Lipinski definition) is 1. The number of rotatable bonds is 2. The van der Waals surface area contributed by atoms with E-state index in [1.807, 2.05) is 36.4 Å². The molecule has 0 aliphatic rings. The molecule has 0 aliphatic heterocycles. The number of nitrogens with two attached hydrogens (primary N) is 1. The molecule has 3 rings (SSSR count). The Morgan fingerprint density at radius 2 is 1.58 bits per heavy atom. The van der Waals surface area contributed by atoms with E-state index in [1.54, 1.807) is 0 Å². The first-order valence-electron chi connectivity index (χ1n) is 6.02. The molecular formula is C16H14IrN2. The average Bonchev–Trinajstić information content (AvgIpc) is 2.46. The SMILES string of the molecule is NCc1ccccc1-c1ccc2ccccc2n1.[Ir]. The Hall–Kier alpha value is -1.54. The molecule has 2 aromatic carbocycles. The molecule has 1 aromatic heterocycles. The second-order valence-electron chi connectivity index (χ2n) is 4.25. The van der Waals surface area contributed by atoms with Crippen LogP contribution in [0.5, 0.6) is 0 Å². The fourth-order valence-corrected chi connectivity index (χ4v) is 2.16. The quantitative estimate of drug-likeness (QED) is 0.683. The summed E-state index contributed by atoms with van der Waals surface area (Å²) in [5.41, 5.74) is 10.0. The molecule has 0 atom stereocenters. The number of benzene rings is 2. The summed E-state index contributed by atoms with van der Waals surface area (Å²) in [5, 5.41) is 1.16. The van der Waals surface area contributed by atoms with Gasteiger partial charge in [-0.1, -0.05) is 48.5 Å². The second-order valence-corrected chi connectivity index (χ2v) is 4.25. The summed E-state index contributed by atoms with van der Waals surface area (Å²) in [6.45, 7) is 0.532. The summed E-state index contributed by atoms with van der Waals surface area (Å²) < 4.78 is 0. The Morgan fingerprint density at radius 1 is 0.842 bits per heavy atom. The average molecular weight is 427 g/mol. The number of aromatic nitrogens is 1. The van der Waals surface area contributed by atoms with E-state index in [9.17, 15) is 0 Å². The Labute approximate surface area is 126 Å². The van der Waals surface area contributed by atoms with Gasteiger partial charge in [0.1, 0.15) is 0 Å². The van der Waals surface area contributed by atoms with E-state index in [0.29, 0.717) is 6.54 Å². The normalized spacial score (nSPS) is 10.2. The zero-order chi connectivity index (χ0) is 12.4. The molecule has 0 saturated carbocycles. The van der Waals surface area contributed by atoms with Gasteiger partial charge < -0.3 is 5.73 Å². The van der Waals surface area contributed by atoms with E-state index in [4.69, 9.17) is 10.7 Å². The van der Waals surface area contributed by atoms with Gasteiger partial charge in [0.25, 0.3) is 0 Å². The molecule has 0 aliphatic carbocycles. The van der Waals surface area contributed by atoms with Crippen molar-refractivity contribution in [3.8, 4) is 11.3 Å². The Morgan fingerprint density at radius 3 is 2.42 bits per heavy atom. The van der Waals surface area contributed by atoms with Crippen LogP contribution >= 0.6 is 0 Å². The van der Waals surface area contributed by atoms with Crippen LogP contribution in [0.2, 0.25) is 0 Å². The predicted molar refractivity (Wildman–Crippen MR) is 75.1 cm³/mol. The Bertz CT molecular complexity index is 695. The van der Waals surface area contributed by atoms with Gasteiger partial charge in [-0.25, -0.2) is 4.98 Å². The van der Waals surface area contributed by atoms with Gasteiger partial charge in [-0.05, 0) is 17.7 Å². The summed E-state index contributed by atoms with van der Waals surface area (Å²) in [7, 11) is 0. The van der Waals surface area contributed by atoms with Crippen LogP contribution in [0.15, 0.2) is 60.7 Å². The minimum absolute atomic E-state index is 0. The summed E-state index contributed by atoms with van der Waals surface area (Å²) in [4.78, 5) is 4.70. The molecule has 1 heterocycles. The molecule has 0 saturated heterocycles. The van der Waals surface area contributed by atoms with E-state index >= 15 is 0 Å². The van der Waals surface area contributed by atoms with Crippen LogP contribution in [0, 0.1) is 0 Å². The van der Waals surface area contributed by atoms with Crippen LogP contribution < -0.4 is 5.73 Å². The third-order valence-corrected chi connectivity index (χ3v) is 3.11. The molecule has 97 valence electrons. The first-order valence-corrected chi connectivity index (χ1v) is 6.02. The molecule has 19 heavy (non-hydrogen) atoms. The summed E-state index contributed by atoms with van der Waals surface area (Å²) >= 11 is 0. The van der Waals surface area contributed by atoms with Gasteiger partial charge in [-0.2, -0.15) is 0 Å². The summed E-state index contributed by atoms with van der Waals surface area (Å²) in [5.74, 6) is 0. The number of fused-ring (bicyclic) bond motifs is 1. The van der Waals surface area contributed by atoms with Crippen molar-refractivity contribution in [3.63, 3.8) is 0 Å². The van der Waals surface area contributed by atoms with Gasteiger partial charge in [0, 0.05) is 37.6 Å². The molecule has 0 bridgehead atoms. The van der Waals surface area contributed by atoms with Crippen molar-refractivity contribution in [2.75, 3.05) is 0 Å². The Kier molecular flexibility index (Phi) is 4.43. The topological polar surface area (TPSA) is 38.9 Å². The van der Waals surface area contributed by atoms with E-state index in [1.165, 1.54) is 0 Å². The van der Waals surface area contributed by atoms with Crippen LogP contribution in [0.1, 0.15) is 5.56 Å². The van der Waals surface area contributed by atoms with Crippen LogP contribution in [0.4, 0.5) is 0 Å². The first kappa shape index (κ1) is 13.9. The fourth-order valence-electron chi connectivity index (χ4n) is 2.16. The van der Waals surface area contributed by atoms with Crippen molar-refractivity contribution in [1.82, 2.24) is 4.98 Å². The fraction of sp³-hybridized carbons (Fsp3) is 0.0625. The van der Waals surface area contributed by atoms with E-state index in [2.05, 4.69) is 24.3 Å². The van der Waals surface area contributed by atoms with E-state index in [0.717, 1.165) is 27.7 Å². The predicted octanol–water partition coefficient (Wildman–Crippen LogP) is 3.36. The number of pyridine rings is 1. The largest absolute Gasteiger partial charge is 0.326 e. The molecule has 3 aromatic rings. The monoisotopic (exact) mass is 427 g/mol. The second kappa shape index (κ2) is 6.07. The van der Waals surface area contributed by atoms with Crippen molar-refractivity contribution in [2.24, 2.45) is 5.73 Å². The summed E-state index contributed by atoms with van der Waals surface area (Å²) in [6.07, 6.45) is 0. The molecule has 0 fully saturated rings. The van der Waals surface area contributed by atoms with Crippen LogP contribution in [0.25, 0.3) is 22.2 Å². The van der Waals surface area contributed by atoms with Crippen LogP contribution in [-0.4, -0.2) is 4.98 Å². The minimum Gasteiger partial charge on any atom is -0.326 e. The summed E-state index contributed by atoms with van der Waals surface area (Å²) in [6, 6.07) is 20.4. The standard InChI is InChI=1S/C16H14N2.Ir/c17-11-13-6-1-3-7-14(13)16-10-9-12-5-2-4-8-15(12)18-16;/h1-10H,11,17H2;. The molecule has 2 N–H and O–H groups in total. The van der Waals surface area contributed by atoms with Gasteiger partial charge >= 0.3 is 0 Å². The molecule has 0 unspecified atom stereocenters. The first-order chi connectivity index (χ1) is 8.88. The zero-order valence-electron chi connectivity index (χ0n) is 10.3. The zero-order valence-corrected chi connectivity index (χ0v) is 12.7. The van der Waals surface area contributed by atoms with Crippen LogP contribution in [0.3, 0.4) is 0 Å². The number of hydrogen-bond acceptors (Lipinski definition) is 2. The van der Waals surface area contributed by atoms with Gasteiger partial charge in [0.2, 0.25) is 0 Å². The Balaban J connectivity index is 0.00000133. The van der Waals surface area contributed by atoms with Gasteiger partial charge in [-0.3, -0.25) is 0 Å². The smallest absolute Gasteiger partial charge is 0.0712 e. The molecule has 0 amide bonds. The van der Waals surface area contributed by atoms with Crippen molar-refractivity contribution >= 4 is 10.9 Å². The molecular weight excluding hydrogens is 412 g/mol. The van der Waals surface area contributed by atoms with E-state index in [-0.39, 0.29) is 20.1 Å². The molecule has 1 radical (unpaired) electrons. The third-order valence-electron chi connectivity index (χ3n) is 3.11. The molecule has 3 heteroatoms. The van der Waals surface area contributed by atoms with Gasteiger partial charge in [0.15, 0.2) is 0 Å². The maximum absolute atomic E-state index is 5.77. The maximum Gasteiger partial charge on any atom is 0.0712 e. The van der Waals surface area contributed by atoms with Gasteiger partial charge in [-0.15, -0.1) is 0 Å². The maximum atomic E-state index is 5.77.